The highest BCUT2D eigenvalue weighted by atomic mass is 35.5. The molecule has 0 aliphatic rings. The lowest BCUT2D eigenvalue weighted by Gasteiger charge is -2.31. The van der Waals surface area contributed by atoms with E-state index in [1.54, 1.807) is 0 Å². The molecule has 8 nitrogen and oxygen atoms in total. The Morgan fingerprint density at radius 1 is 1.17 bits per heavy atom. The fourth-order valence-electron chi connectivity index (χ4n) is 3.14. The van der Waals surface area contributed by atoms with Gasteiger partial charge in [-0.15, -0.1) is 5.11 Å². The average molecular weight is 435 g/mol. The number of rotatable bonds is 10. The molecule has 0 aliphatic carbocycles. The first kappa shape index (κ1) is 23.9. The van der Waals surface area contributed by atoms with Crippen molar-refractivity contribution in [2.45, 2.75) is 26.0 Å². The van der Waals surface area contributed by atoms with Crippen LogP contribution in [0.2, 0.25) is 5.02 Å². The number of aliphatic hydroxyl groups excluding tert-OH is 1. The lowest BCUT2D eigenvalue weighted by molar-refractivity contribution is -0.892. The summed E-state index contributed by atoms with van der Waals surface area (Å²) in [7, 11) is 4.21. The maximum absolute atomic E-state index is 10.8. The first-order valence-electron chi connectivity index (χ1n) is 9.76. The molecule has 9 heteroatoms. The van der Waals surface area contributed by atoms with Crippen LogP contribution in [0.1, 0.15) is 25.5 Å². The van der Waals surface area contributed by atoms with Crippen LogP contribution in [0.5, 0.6) is 0 Å². The van der Waals surface area contributed by atoms with Crippen molar-refractivity contribution in [3.8, 4) is 0 Å². The van der Waals surface area contributed by atoms with E-state index in [1.165, 1.54) is 18.2 Å². The molecule has 0 radical (unpaired) electrons. The van der Waals surface area contributed by atoms with Gasteiger partial charge in [-0.05, 0) is 37.6 Å². The largest absolute Gasteiger partial charge is 0.388 e. The van der Waals surface area contributed by atoms with Gasteiger partial charge in [0.25, 0.3) is 5.69 Å². The van der Waals surface area contributed by atoms with Crippen molar-refractivity contribution in [3.63, 3.8) is 0 Å². The highest BCUT2D eigenvalue weighted by molar-refractivity contribution is 6.33. The van der Waals surface area contributed by atoms with E-state index in [2.05, 4.69) is 36.6 Å². The quantitative estimate of drug-likeness (QED) is 0.243. The maximum Gasteiger partial charge on any atom is 0.271 e. The molecule has 30 heavy (non-hydrogen) atoms. The van der Waals surface area contributed by atoms with Gasteiger partial charge in [0.15, 0.2) is 0 Å². The van der Waals surface area contributed by atoms with E-state index in [4.69, 9.17) is 11.6 Å². The van der Waals surface area contributed by atoms with Gasteiger partial charge in [-0.2, -0.15) is 5.11 Å². The number of nitro benzene ring substituents is 1. The highest BCUT2D eigenvalue weighted by Gasteiger charge is 2.18. The molecule has 162 valence electrons. The molecule has 0 saturated heterocycles. The van der Waals surface area contributed by atoms with E-state index >= 15 is 0 Å². The summed E-state index contributed by atoms with van der Waals surface area (Å²) in [5.74, 6) is 0. The Hall–Kier alpha value is -2.39. The van der Waals surface area contributed by atoms with Crippen molar-refractivity contribution >= 4 is 28.7 Å². The molecule has 0 spiro atoms. The molecule has 2 atom stereocenters. The van der Waals surface area contributed by atoms with Gasteiger partial charge in [0.2, 0.25) is 0 Å². The summed E-state index contributed by atoms with van der Waals surface area (Å²) in [5.41, 5.74) is 2.08. The maximum atomic E-state index is 10.8. The van der Waals surface area contributed by atoms with Gasteiger partial charge < -0.3 is 14.9 Å². The number of hydrogen-bond donors (Lipinski definition) is 2. The number of likely N-dealkylation sites (N-methyl/N-ethyl adjacent to an activating group) is 1. The van der Waals surface area contributed by atoms with Crippen LogP contribution in [-0.2, 0) is 0 Å². The molecule has 0 aromatic heterocycles. The first-order chi connectivity index (χ1) is 14.1. The van der Waals surface area contributed by atoms with E-state index in [0.29, 0.717) is 17.9 Å². The van der Waals surface area contributed by atoms with Crippen molar-refractivity contribution < 1.29 is 14.5 Å². The van der Waals surface area contributed by atoms with Gasteiger partial charge in [-0.1, -0.05) is 23.7 Å². The molecule has 2 aromatic rings. The topological polar surface area (TPSA) is 100 Å². The number of quaternary nitrogens is 1. The van der Waals surface area contributed by atoms with Crippen molar-refractivity contribution in [2.75, 3.05) is 33.7 Å². The van der Waals surface area contributed by atoms with Gasteiger partial charge in [0.05, 0.1) is 36.3 Å². The summed E-state index contributed by atoms with van der Waals surface area (Å²) < 4.78 is 0.752. The zero-order valence-electron chi connectivity index (χ0n) is 17.7. The Morgan fingerprint density at radius 3 is 2.40 bits per heavy atom. The second kappa shape index (κ2) is 10.6. The van der Waals surface area contributed by atoms with Gasteiger partial charge in [0, 0.05) is 24.7 Å². The van der Waals surface area contributed by atoms with Crippen LogP contribution in [0.3, 0.4) is 0 Å². The number of aliphatic hydroxyl groups is 1. The lowest BCUT2D eigenvalue weighted by atomic mass is 10.1. The second-order valence-electron chi connectivity index (χ2n) is 8.05. The molecular weight excluding hydrogens is 406 g/mol. The molecule has 0 aliphatic heterocycles. The van der Waals surface area contributed by atoms with Gasteiger partial charge >= 0.3 is 0 Å². The molecule has 0 amide bonds. The van der Waals surface area contributed by atoms with Crippen LogP contribution < -0.4 is 5.32 Å². The number of halogens is 1. The van der Waals surface area contributed by atoms with E-state index in [9.17, 15) is 15.2 Å². The van der Waals surface area contributed by atoms with Crippen LogP contribution in [0.25, 0.3) is 0 Å². The Bertz CT molecular complexity index is 885. The Kier molecular flexibility index (Phi) is 8.43. The van der Waals surface area contributed by atoms with Crippen LogP contribution in [0, 0.1) is 10.1 Å². The molecule has 0 fully saturated rings. The second-order valence-corrected chi connectivity index (χ2v) is 8.46. The molecule has 2 unspecified atom stereocenters. The Labute approximate surface area is 181 Å². The van der Waals surface area contributed by atoms with Crippen molar-refractivity contribution in [3.05, 3.63) is 63.2 Å². The molecular formula is C21H29ClN5O3+. The van der Waals surface area contributed by atoms with E-state index in [0.717, 1.165) is 23.1 Å². The Balaban J connectivity index is 1.93. The number of nitrogens with one attached hydrogen (secondary N) is 1. The summed E-state index contributed by atoms with van der Waals surface area (Å²) in [6.07, 6.45) is -0.319. The minimum absolute atomic E-state index is 0.0853. The molecule has 0 saturated carbocycles. The molecule has 0 heterocycles. The van der Waals surface area contributed by atoms with Crippen LogP contribution in [0.4, 0.5) is 17.1 Å². The third-order valence-electron chi connectivity index (χ3n) is 4.73. The van der Waals surface area contributed by atoms with Crippen molar-refractivity contribution in [2.24, 2.45) is 10.2 Å². The molecule has 0 bridgehead atoms. The smallest absolute Gasteiger partial charge is 0.271 e. The monoisotopic (exact) mass is 434 g/mol. The summed E-state index contributed by atoms with van der Waals surface area (Å²) in [6.45, 7) is 6.37. The number of nitrogens with zero attached hydrogens (tertiary/aromatic N) is 4. The van der Waals surface area contributed by atoms with Gasteiger partial charge in [-0.3, -0.25) is 10.1 Å². The third kappa shape index (κ3) is 7.46. The van der Waals surface area contributed by atoms with Crippen LogP contribution in [-0.4, -0.2) is 54.3 Å². The average Bonchev–Trinajstić information content (AvgIpc) is 2.66. The van der Waals surface area contributed by atoms with Crippen molar-refractivity contribution in [1.82, 2.24) is 5.32 Å². The summed E-state index contributed by atoms with van der Waals surface area (Å²) in [4.78, 5) is 10.3. The van der Waals surface area contributed by atoms with E-state index < -0.39 is 4.92 Å². The predicted molar refractivity (Wildman–Crippen MR) is 119 cm³/mol. The number of nitro groups is 1. The fraction of sp³-hybridized carbons (Fsp3) is 0.429. The number of non-ortho nitro benzene ring substituents is 1. The lowest BCUT2D eigenvalue weighted by Crippen LogP contribution is -2.48. The number of benzene rings is 2. The Morgan fingerprint density at radius 2 is 1.83 bits per heavy atom. The first-order valence-corrected chi connectivity index (χ1v) is 10.1. The van der Waals surface area contributed by atoms with Gasteiger partial charge in [-0.25, -0.2) is 0 Å². The molecule has 2 aromatic carbocycles. The summed E-state index contributed by atoms with van der Waals surface area (Å²) >= 11 is 6.03. The minimum atomic E-state index is -0.506. The third-order valence-corrected chi connectivity index (χ3v) is 5.04. The SMILES string of the molecule is CC(O)C[N+](C)(C)CCNC(C)c1ccc(N=Nc2ccc([N+](=O)[O-])cc2Cl)cc1. The molecule has 2 N–H and O–H groups in total. The van der Waals surface area contributed by atoms with E-state index in [1.807, 2.05) is 31.2 Å². The molecule has 2 rings (SSSR count). The number of azo groups is 1. The van der Waals surface area contributed by atoms with Crippen LogP contribution >= 0.6 is 11.6 Å². The zero-order valence-corrected chi connectivity index (χ0v) is 18.5. The summed E-state index contributed by atoms with van der Waals surface area (Å²) in [5, 5.41) is 32.3. The summed E-state index contributed by atoms with van der Waals surface area (Å²) in [6, 6.07) is 11.9. The standard InChI is InChI=1S/C21H29ClN5O3/c1-15(28)14-27(3,4)12-11-23-16(2)17-5-7-18(8-6-17)24-25-21-10-9-19(26(29)30)13-20(21)22/h5-10,13,15-16,23,28H,11-12,14H2,1-4H3/q+1. The van der Waals surface area contributed by atoms with Gasteiger partial charge in [0.1, 0.15) is 18.3 Å². The fourth-order valence-corrected chi connectivity index (χ4v) is 3.35. The number of hydrogen-bond acceptors (Lipinski definition) is 6. The highest BCUT2D eigenvalue weighted by Crippen LogP contribution is 2.30. The van der Waals surface area contributed by atoms with Crippen molar-refractivity contribution in [1.29, 1.82) is 0 Å². The predicted octanol–water partition coefficient (Wildman–Crippen LogP) is 4.77. The zero-order chi connectivity index (χ0) is 22.3. The normalized spacial score (nSPS) is 14.1. The van der Waals surface area contributed by atoms with Crippen LogP contribution in [0.15, 0.2) is 52.7 Å². The van der Waals surface area contributed by atoms with E-state index in [-0.39, 0.29) is 22.9 Å². The minimum Gasteiger partial charge on any atom is -0.388 e.